The predicted octanol–water partition coefficient (Wildman–Crippen LogP) is 3.88. The van der Waals surface area contributed by atoms with Crippen LogP contribution in [-0.4, -0.2) is 25.0 Å². The molecule has 2 rings (SSSR count). The molecule has 0 aromatic heterocycles. The van der Waals surface area contributed by atoms with E-state index in [1.165, 1.54) is 12.1 Å². The van der Waals surface area contributed by atoms with Crippen molar-refractivity contribution in [1.82, 2.24) is 16.0 Å². The minimum Gasteiger partial charge on any atom is -0.352 e. The second-order valence-electron chi connectivity index (χ2n) is 6.03. The summed E-state index contributed by atoms with van der Waals surface area (Å²) in [5.74, 6) is -0.934. The number of hydrogen-bond donors (Lipinski definition) is 3. The fraction of sp³-hybridized carbons (Fsp3) is 0.300. The Bertz CT molecular complexity index is 753. The van der Waals surface area contributed by atoms with E-state index in [2.05, 4.69) is 16.0 Å². The van der Waals surface area contributed by atoms with Crippen LogP contribution < -0.4 is 16.0 Å². The third-order valence-electron chi connectivity index (χ3n) is 3.91. The number of halogens is 2. The van der Waals surface area contributed by atoms with Gasteiger partial charge < -0.3 is 16.0 Å². The fourth-order valence-corrected chi connectivity index (χ4v) is 2.54. The van der Waals surface area contributed by atoms with Crippen molar-refractivity contribution in [2.75, 3.05) is 13.1 Å². The smallest absolute Gasteiger partial charge is 0.315 e. The summed E-state index contributed by atoms with van der Waals surface area (Å²) in [7, 11) is 0. The first-order valence-electron chi connectivity index (χ1n) is 8.85. The predicted molar refractivity (Wildman–Crippen MR) is 104 cm³/mol. The van der Waals surface area contributed by atoms with Crippen molar-refractivity contribution in [3.63, 3.8) is 0 Å². The van der Waals surface area contributed by atoms with Gasteiger partial charge in [-0.3, -0.25) is 4.79 Å². The summed E-state index contributed by atoms with van der Waals surface area (Å²) >= 11 is 5.81. The summed E-state index contributed by atoms with van der Waals surface area (Å²) in [4.78, 5) is 23.5. The lowest BCUT2D eigenvalue weighted by Gasteiger charge is -2.08. The standard InChI is InChI=1S/C20H23ClFN3O2/c21-16-10-8-15(9-11-16)14-25-20(27)24-13-5-1-4-12-23-19(26)17-6-2-3-7-18(17)22/h2-3,6-11H,1,4-5,12-14H2,(H,23,26)(H2,24,25,27). The van der Waals surface area contributed by atoms with Gasteiger partial charge in [0.2, 0.25) is 0 Å². The maximum Gasteiger partial charge on any atom is 0.315 e. The summed E-state index contributed by atoms with van der Waals surface area (Å²) in [5.41, 5.74) is 1.02. The van der Waals surface area contributed by atoms with Gasteiger partial charge in [0.05, 0.1) is 5.56 Å². The first-order valence-corrected chi connectivity index (χ1v) is 9.23. The van der Waals surface area contributed by atoms with E-state index in [0.717, 1.165) is 24.8 Å². The molecule has 0 radical (unpaired) electrons. The summed E-state index contributed by atoms with van der Waals surface area (Å²) < 4.78 is 13.5. The van der Waals surface area contributed by atoms with E-state index >= 15 is 0 Å². The summed E-state index contributed by atoms with van der Waals surface area (Å²) in [6, 6.07) is 12.9. The van der Waals surface area contributed by atoms with Gasteiger partial charge in [-0.15, -0.1) is 0 Å². The van der Waals surface area contributed by atoms with Crippen molar-refractivity contribution in [2.45, 2.75) is 25.8 Å². The molecule has 2 aromatic rings. The fourth-order valence-electron chi connectivity index (χ4n) is 2.42. The molecule has 0 aliphatic rings. The molecule has 3 N–H and O–H groups in total. The van der Waals surface area contributed by atoms with Crippen LogP contribution in [-0.2, 0) is 6.54 Å². The van der Waals surface area contributed by atoms with Crippen molar-refractivity contribution in [3.05, 3.63) is 70.5 Å². The Labute approximate surface area is 163 Å². The van der Waals surface area contributed by atoms with Crippen LogP contribution in [0.5, 0.6) is 0 Å². The molecular weight excluding hydrogens is 369 g/mol. The van der Waals surface area contributed by atoms with Crippen molar-refractivity contribution >= 4 is 23.5 Å². The molecular formula is C20H23ClFN3O2. The second-order valence-corrected chi connectivity index (χ2v) is 6.47. The molecule has 7 heteroatoms. The highest BCUT2D eigenvalue weighted by atomic mass is 35.5. The van der Waals surface area contributed by atoms with Crippen LogP contribution in [0.15, 0.2) is 48.5 Å². The van der Waals surface area contributed by atoms with Crippen LogP contribution in [0.4, 0.5) is 9.18 Å². The van der Waals surface area contributed by atoms with Crippen molar-refractivity contribution in [1.29, 1.82) is 0 Å². The molecule has 3 amide bonds. The molecule has 5 nitrogen and oxygen atoms in total. The molecule has 144 valence electrons. The first-order chi connectivity index (χ1) is 13.1. The molecule has 2 aromatic carbocycles. The van der Waals surface area contributed by atoms with Gasteiger partial charge in [-0.05, 0) is 49.1 Å². The van der Waals surface area contributed by atoms with Crippen LogP contribution in [0.3, 0.4) is 0 Å². The summed E-state index contributed by atoms with van der Waals surface area (Å²) in [6.07, 6.45) is 2.40. The van der Waals surface area contributed by atoms with Crippen LogP contribution in [0.2, 0.25) is 5.02 Å². The van der Waals surface area contributed by atoms with E-state index in [0.29, 0.717) is 24.7 Å². The van der Waals surface area contributed by atoms with Crippen molar-refractivity contribution in [3.8, 4) is 0 Å². The molecule has 27 heavy (non-hydrogen) atoms. The number of amides is 3. The normalized spacial score (nSPS) is 10.3. The lowest BCUT2D eigenvalue weighted by Crippen LogP contribution is -2.35. The van der Waals surface area contributed by atoms with E-state index in [1.54, 1.807) is 24.3 Å². The van der Waals surface area contributed by atoms with Gasteiger partial charge in [0.1, 0.15) is 5.82 Å². The van der Waals surface area contributed by atoms with Gasteiger partial charge in [-0.2, -0.15) is 0 Å². The van der Waals surface area contributed by atoms with Crippen LogP contribution >= 0.6 is 11.6 Å². The molecule has 0 heterocycles. The highest BCUT2D eigenvalue weighted by molar-refractivity contribution is 6.30. The maximum atomic E-state index is 13.5. The van der Waals surface area contributed by atoms with E-state index < -0.39 is 11.7 Å². The Kier molecular flexibility index (Phi) is 8.58. The molecule has 0 atom stereocenters. The number of benzene rings is 2. The highest BCUT2D eigenvalue weighted by Gasteiger charge is 2.09. The Balaban J connectivity index is 1.50. The lowest BCUT2D eigenvalue weighted by molar-refractivity contribution is 0.0949. The molecule has 0 aliphatic carbocycles. The topological polar surface area (TPSA) is 70.2 Å². The van der Waals surface area contributed by atoms with E-state index in [9.17, 15) is 14.0 Å². The minimum absolute atomic E-state index is 0.0523. The molecule has 0 aliphatic heterocycles. The van der Waals surface area contributed by atoms with Gasteiger partial charge in [0.15, 0.2) is 0 Å². The van der Waals surface area contributed by atoms with Gasteiger partial charge in [0.25, 0.3) is 5.91 Å². The van der Waals surface area contributed by atoms with E-state index in [-0.39, 0.29) is 11.6 Å². The van der Waals surface area contributed by atoms with E-state index in [1.807, 2.05) is 12.1 Å². The number of rotatable bonds is 9. The summed E-state index contributed by atoms with van der Waals surface area (Å²) in [6.45, 7) is 1.45. The maximum absolute atomic E-state index is 13.5. The number of carbonyl (C=O) groups is 2. The largest absolute Gasteiger partial charge is 0.352 e. The Morgan fingerprint density at radius 1 is 0.852 bits per heavy atom. The number of nitrogens with one attached hydrogen (secondary N) is 3. The van der Waals surface area contributed by atoms with Crippen LogP contribution in [0.1, 0.15) is 35.2 Å². The molecule has 0 unspecified atom stereocenters. The third kappa shape index (κ3) is 7.66. The van der Waals surface area contributed by atoms with E-state index in [4.69, 9.17) is 11.6 Å². The Morgan fingerprint density at radius 3 is 2.22 bits per heavy atom. The minimum atomic E-state index is -0.524. The highest BCUT2D eigenvalue weighted by Crippen LogP contribution is 2.09. The quantitative estimate of drug-likeness (QED) is 0.568. The number of carbonyl (C=O) groups excluding carboxylic acids is 2. The van der Waals surface area contributed by atoms with Crippen LogP contribution in [0, 0.1) is 5.82 Å². The number of hydrogen-bond acceptors (Lipinski definition) is 2. The van der Waals surface area contributed by atoms with Crippen molar-refractivity contribution < 1.29 is 14.0 Å². The SMILES string of the molecule is O=C(NCCCCCNC(=O)c1ccccc1F)NCc1ccc(Cl)cc1. The van der Waals surface area contributed by atoms with Gasteiger partial charge in [-0.1, -0.05) is 35.9 Å². The third-order valence-corrected chi connectivity index (χ3v) is 4.16. The first kappa shape index (κ1) is 20.7. The summed E-state index contributed by atoms with van der Waals surface area (Å²) in [5, 5.41) is 8.91. The molecule has 0 saturated carbocycles. The zero-order valence-corrected chi connectivity index (χ0v) is 15.7. The van der Waals surface area contributed by atoms with Crippen LogP contribution in [0.25, 0.3) is 0 Å². The van der Waals surface area contributed by atoms with Gasteiger partial charge >= 0.3 is 6.03 Å². The second kappa shape index (κ2) is 11.2. The van der Waals surface area contributed by atoms with Crippen molar-refractivity contribution in [2.24, 2.45) is 0 Å². The van der Waals surface area contributed by atoms with Gasteiger partial charge in [-0.25, -0.2) is 9.18 Å². The zero-order chi connectivity index (χ0) is 19.5. The molecule has 0 spiro atoms. The molecule has 0 bridgehead atoms. The monoisotopic (exact) mass is 391 g/mol. The molecule has 0 saturated heterocycles. The average molecular weight is 392 g/mol. The number of unbranched alkanes of at least 4 members (excludes halogenated alkanes) is 2. The van der Waals surface area contributed by atoms with Gasteiger partial charge in [0, 0.05) is 24.7 Å². The Hall–Kier alpha value is -2.60. The zero-order valence-electron chi connectivity index (χ0n) is 14.9. The number of urea groups is 1. The Morgan fingerprint density at radius 2 is 1.52 bits per heavy atom. The average Bonchev–Trinajstić information content (AvgIpc) is 2.67. The lowest BCUT2D eigenvalue weighted by atomic mass is 10.2. The molecule has 0 fully saturated rings.